The number of nitrogens with zero attached hydrogens (tertiary/aromatic N) is 2. The predicted octanol–water partition coefficient (Wildman–Crippen LogP) is 3.46. The number of benzene rings is 2. The van der Waals surface area contributed by atoms with Crippen LogP contribution in [0.4, 0.5) is 5.69 Å². The van der Waals surface area contributed by atoms with Crippen LogP contribution in [-0.2, 0) is 11.8 Å². The summed E-state index contributed by atoms with van der Waals surface area (Å²) in [6.07, 6.45) is 5.48. The minimum atomic E-state index is -0.249. The van der Waals surface area contributed by atoms with Crippen molar-refractivity contribution in [2.45, 2.75) is 18.9 Å². The standard InChI is InChI=1S/C23H23N3O4/c1-26-12-11-24-22(26)21(27)16-7-9-18(10-8-16)25-23(28)17-4-2-5-19(14-17)30-15-20-6-3-13-29-20/h2,4-5,7-12,14,20H,3,6,13,15H2,1H3,(H,25,28). The molecule has 0 radical (unpaired) electrons. The quantitative estimate of drug-likeness (QED) is 0.609. The Morgan fingerprint density at radius 1 is 1.20 bits per heavy atom. The summed E-state index contributed by atoms with van der Waals surface area (Å²) in [7, 11) is 1.77. The molecule has 4 rings (SSSR count). The van der Waals surface area contributed by atoms with Crippen molar-refractivity contribution in [2.24, 2.45) is 7.05 Å². The first-order chi connectivity index (χ1) is 14.6. The highest BCUT2D eigenvalue weighted by molar-refractivity contribution is 6.07. The average Bonchev–Trinajstić information content (AvgIpc) is 3.44. The third-order valence-electron chi connectivity index (χ3n) is 4.99. The lowest BCUT2D eigenvalue weighted by atomic mass is 10.1. The normalized spacial score (nSPS) is 15.7. The van der Waals surface area contributed by atoms with Crippen LogP contribution in [0.2, 0.25) is 0 Å². The van der Waals surface area contributed by atoms with Gasteiger partial charge in [-0.1, -0.05) is 6.07 Å². The predicted molar refractivity (Wildman–Crippen MR) is 112 cm³/mol. The van der Waals surface area contributed by atoms with Crippen molar-refractivity contribution >= 4 is 17.4 Å². The van der Waals surface area contributed by atoms with E-state index in [9.17, 15) is 9.59 Å². The van der Waals surface area contributed by atoms with Crippen molar-refractivity contribution in [3.8, 4) is 5.75 Å². The molecule has 1 N–H and O–H groups in total. The molecule has 0 spiro atoms. The third kappa shape index (κ3) is 4.58. The molecule has 1 atom stereocenters. The molecule has 1 fully saturated rings. The Balaban J connectivity index is 1.38. The summed E-state index contributed by atoms with van der Waals surface area (Å²) in [5.74, 6) is 0.581. The second-order valence-corrected chi connectivity index (χ2v) is 7.20. The van der Waals surface area contributed by atoms with Crippen molar-refractivity contribution in [3.05, 3.63) is 77.9 Å². The summed E-state index contributed by atoms with van der Waals surface area (Å²) in [5.41, 5.74) is 1.60. The molecular formula is C23H23N3O4. The first kappa shape index (κ1) is 19.8. The molecule has 2 heterocycles. The molecule has 30 heavy (non-hydrogen) atoms. The molecule has 1 saturated heterocycles. The number of rotatable bonds is 7. The highest BCUT2D eigenvalue weighted by Gasteiger charge is 2.17. The zero-order chi connectivity index (χ0) is 20.9. The SMILES string of the molecule is Cn1ccnc1C(=O)c1ccc(NC(=O)c2cccc(OCC3CCCO3)c2)cc1. The fourth-order valence-corrected chi connectivity index (χ4v) is 3.31. The molecule has 0 saturated carbocycles. The Hall–Kier alpha value is -3.45. The molecule has 0 bridgehead atoms. The lowest BCUT2D eigenvalue weighted by Crippen LogP contribution is -2.17. The maximum atomic E-state index is 12.6. The van der Waals surface area contributed by atoms with Crippen LogP contribution < -0.4 is 10.1 Å². The van der Waals surface area contributed by atoms with Gasteiger partial charge in [0, 0.05) is 42.9 Å². The van der Waals surface area contributed by atoms with E-state index < -0.39 is 0 Å². The highest BCUT2D eigenvalue weighted by atomic mass is 16.5. The van der Waals surface area contributed by atoms with E-state index in [2.05, 4.69) is 10.3 Å². The summed E-state index contributed by atoms with van der Waals surface area (Å²) in [6, 6.07) is 13.8. The molecule has 1 aromatic heterocycles. The fraction of sp³-hybridized carbons (Fsp3) is 0.261. The zero-order valence-corrected chi connectivity index (χ0v) is 16.7. The summed E-state index contributed by atoms with van der Waals surface area (Å²) >= 11 is 0. The molecule has 7 nitrogen and oxygen atoms in total. The van der Waals surface area contributed by atoms with E-state index in [0.29, 0.717) is 35.0 Å². The average molecular weight is 405 g/mol. The topological polar surface area (TPSA) is 82.5 Å². The van der Waals surface area contributed by atoms with Crippen LogP contribution in [0.25, 0.3) is 0 Å². The minimum absolute atomic E-state index is 0.120. The number of hydrogen-bond acceptors (Lipinski definition) is 5. The van der Waals surface area contributed by atoms with Crippen LogP contribution in [0.15, 0.2) is 60.9 Å². The number of ketones is 1. The van der Waals surface area contributed by atoms with Gasteiger partial charge in [-0.2, -0.15) is 0 Å². The van der Waals surface area contributed by atoms with Crippen molar-refractivity contribution in [1.29, 1.82) is 0 Å². The van der Waals surface area contributed by atoms with E-state index in [1.807, 2.05) is 6.07 Å². The zero-order valence-electron chi connectivity index (χ0n) is 16.7. The van der Waals surface area contributed by atoms with E-state index >= 15 is 0 Å². The lowest BCUT2D eigenvalue weighted by Gasteiger charge is -2.12. The van der Waals surface area contributed by atoms with Crippen molar-refractivity contribution in [3.63, 3.8) is 0 Å². The van der Waals surface area contributed by atoms with Gasteiger partial charge in [0.25, 0.3) is 5.91 Å². The van der Waals surface area contributed by atoms with Crippen molar-refractivity contribution in [1.82, 2.24) is 9.55 Å². The molecule has 7 heteroatoms. The molecule has 3 aromatic rings. The Morgan fingerprint density at radius 2 is 2.03 bits per heavy atom. The molecular weight excluding hydrogens is 382 g/mol. The van der Waals surface area contributed by atoms with Gasteiger partial charge in [0.05, 0.1) is 6.10 Å². The van der Waals surface area contributed by atoms with E-state index in [-0.39, 0.29) is 17.8 Å². The fourth-order valence-electron chi connectivity index (χ4n) is 3.31. The van der Waals surface area contributed by atoms with Gasteiger partial charge in [-0.15, -0.1) is 0 Å². The maximum Gasteiger partial charge on any atom is 0.255 e. The van der Waals surface area contributed by atoms with E-state index in [1.54, 1.807) is 66.5 Å². The molecule has 2 aromatic carbocycles. The minimum Gasteiger partial charge on any atom is -0.491 e. The summed E-state index contributed by atoms with van der Waals surface area (Å²) in [4.78, 5) is 29.2. The Morgan fingerprint density at radius 3 is 2.73 bits per heavy atom. The van der Waals surface area contributed by atoms with E-state index in [4.69, 9.17) is 9.47 Å². The molecule has 0 aliphatic carbocycles. The smallest absolute Gasteiger partial charge is 0.255 e. The van der Waals surface area contributed by atoms with Crippen molar-refractivity contribution < 1.29 is 19.1 Å². The number of imidazole rings is 1. The summed E-state index contributed by atoms with van der Waals surface area (Å²) < 4.78 is 13.0. The monoisotopic (exact) mass is 405 g/mol. The van der Waals surface area contributed by atoms with Gasteiger partial charge in [-0.3, -0.25) is 9.59 Å². The van der Waals surface area contributed by atoms with Gasteiger partial charge in [0.15, 0.2) is 5.82 Å². The van der Waals surface area contributed by atoms with Gasteiger partial charge in [-0.25, -0.2) is 4.98 Å². The Kier molecular flexibility index (Phi) is 5.90. The van der Waals surface area contributed by atoms with Crippen LogP contribution in [0, 0.1) is 0 Å². The summed E-state index contributed by atoms with van der Waals surface area (Å²) in [5, 5.41) is 2.84. The first-order valence-electron chi connectivity index (χ1n) is 9.88. The molecule has 1 unspecified atom stereocenters. The van der Waals surface area contributed by atoms with Crippen LogP contribution >= 0.6 is 0 Å². The van der Waals surface area contributed by atoms with Crippen molar-refractivity contribution in [2.75, 3.05) is 18.5 Å². The number of hydrogen-bond donors (Lipinski definition) is 1. The second-order valence-electron chi connectivity index (χ2n) is 7.20. The number of carbonyl (C=O) groups excluding carboxylic acids is 2. The third-order valence-corrected chi connectivity index (χ3v) is 4.99. The van der Waals surface area contributed by atoms with Gasteiger partial charge in [-0.05, 0) is 55.3 Å². The molecule has 1 aliphatic heterocycles. The summed E-state index contributed by atoms with van der Waals surface area (Å²) in [6.45, 7) is 1.26. The Bertz CT molecular complexity index is 1040. The number of carbonyl (C=O) groups is 2. The lowest BCUT2D eigenvalue weighted by molar-refractivity contribution is 0.0679. The van der Waals surface area contributed by atoms with Crippen LogP contribution in [0.5, 0.6) is 5.75 Å². The second kappa shape index (κ2) is 8.92. The van der Waals surface area contributed by atoms with Gasteiger partial charge in [0.2, 0.25) is 5.78 Å². The molecule has 1 amide bonds. The van der Waals surface area contributed by atoms with Gasteiger partial charge >= 0.3 is 0 Å². The number of amides is 1. The first-order valence-corrected chi connectivity index (χ1v) is 9.88. The van der Waals surface area contributed by atoms with E-state index in [1.165, 1.54) is 0 Å². The largest absolute Gasteiger partial charge is 0.491 e. The number of ether oxygens (including phenoxy) is 2. The number of aromatic nitrogens is 2. The highest BCUT2D eigenvalue weighted by Crippen LogP contribution is 2.19. The molecule has 1 aliphatic rings. The number of nitrogens with one attached hydrogen (secondary N) is 1. The van der Waals surface area contributed by atoms with Crippen LogP contribution in [0.3, 0.4) is 0 Å². The van der Waals surface area contributed by atoms with Gasteiger partial charge in [0.1, 0.15) is 12.4 Å². The molecule has 154 valence electrons. The number of anilines is 1. The number of aryl methyl sites for hydroxylation is 1. The Labute approximate surface area is 174 Å². The van der Waals surface area contributed by atoms with Crippen LogP contribution in [0.1, 0.15) is 39.4 Å². The van der Waals surface area contributed by atoms with E-state index in [0.717, 1.165) is 19.4 Å². The maximum absolute atomic E-state index is 12.6. The van der Waals surface area contributed by atoms with Crippen LogP contribution in [-0.4, -0.2) is 40.6 Å². The van der Waals surface area contributed by atoms with Gasteiger partial charge < -0.3 is 19.4 Å².